The quantitative estimate of drug-likeness (QED) is 0.427. The van der Waals surface area contributed by atoms with Crippen LogP contribution in [0.5, 0.6) is 0 Å². The average Bonchev–Trinajstić information content (AvgIpc) is 2.84. The largest absolute Gasteiger partial charge is 0.0683 e. The summed E-state index contributed by atoms with van der Waals surface area (Å²) in [6.45, 7) is 8.25. The van der Waals surface area contributed by atoms with Crippen LogP contribution in [0.15, 0.2) is 0 Å². The van der Waals surface area contributed by atoms with Gasteiger partial charge in [0.1, 0.15) is 0 Å². The highest BCUT2D eigenvalue weighted by Crippen LogP contribution is 2.38. The Morgan fingerprint density at radius 3 is 0.621 bits per heavy atom. The fourth-order valence-corrected chi connectivity index (χ4v) is 6.42. The molecule has 0 spiro atoms. The van der Waals surface area contributed by atoms with Gasteiger partial charge in [-0.15, -0.1) is 0 Å². The molecule has 0 nitrogen and oxygen atoms in total. The van der Waals surface area contributed by atoms with Crippen molar-refractivity contribution in [3.05, 3.63) is 0 Å². The molecule has 174 valence electrons. The fraction of sp³-hybridized carbons (Fsp3) is 1.00. The van der Waals surface area contributed by atoms with Gasteiger partial charge in [0, 0.05) is 0 Å². The topological polar surface area (TPSA) is 0 Å². The van der Waals surface area contributed by atoms with Gasteiger partial charge in [-0.2, -0.15) is 0 Å². The van der Waals surface area contributed by atoms with Crippen LogP contribution in [-0.2, 0) is 0 Å². The Labute approximate surface area is 186 Å². The van der Waals surface area contributed by atoms with E-state index in [0.29, 0.717) is 0 Å². The molecule has 4 fully saturated rings. The van der Waals surface area contributed by atoms with Gasteiger partial charge in [0.25, 0.3) is 0 Å². The van der Waals surface area contributed by atoms with E-state index in [9.17, 15) is 0 Å². The molecule has 0 N–H and O–H groups in total. The van der Waals surface area contributed by atoms with Crippen molar-refractivity contribution >= 4 is 0 Å². The first-order chi connectivity index (χ1) is 14.3. The van der Waals surface area contributed by atoms with Crippen LogP contribution < -0.4 is 0 Å². The van der Waals surface area contributed by atoms with Crippen molar-refractivity contribution in [2.24, 2.45) is 23.7 Å². The highest BCUT2D eigenvalue weighted by molar-refractivity contribution is 4.77. The first-order valence-corrected chi connectivity index (χ1v) is 14.3. The first-order valence-electron chi connectivity index (χ1n) is 14.3. The van der Waals surface area contributed by atoms with Crippen molar-refractivity contribution in [1.82, 2.24) is 0 Å². The summed E-state index contributed by atoms with van der Waals surface area (Å²) in [5, 5.41) is 0. The van der Waals surface area contributed by atoms with Gasteiger partial charge in [-0.05, 0) is 23.7 Å². The summed E-state index contributed by atoms with van der Waals surface area (Å²) in [6.07, 6.45) is 32.0. The summed E-state index contributed by atoms with van der Waals surface area (Å²) in [7, 11) is 0. The molecule has 4 aliphatic carbocycles. The maximum atomic E-state index is 2.12. The van der Waals surface area contributed by atoms with Gasteiger partial charge in [0.05, 0.1) is 0 Å². The number of hydrogen-bond acceptors (Lipinski definition) is 0. The van der Waals surface area contributed by atoms with Gasteiger partial charge in [0.15, 0.2) is 0 Å². The van der Waals surface area contributed by atoms with E-state index in [1.165, 1.54) is 83.5 Å². The van der Waals surface area contributed by atoms with Crippen molar-refractivity contribution in [3.63, 3.8) is 0 Å². The van der Waals surface area contributed by atoms with Gasteiger partial charge in [-0.3, -0.25) is 0 Å². The van der Waals surface area contributed by atoms with Crippen molar-refractivity contribution in [1.29, 1.82) is 0 Å². The van der Waals surface area contributed by atoms with Crippen LogP contribution in [0.4, 0.5) is 0 Å². The van der Waals surface area contributed by atoms with Gasteiger partial charge in [0.2, 0.25) is 0 Å². The Balaban J connectivity index is 0.000000238. The summed E-state index contributed by atoms with van der Waals surface area (Å²) in [5.41, 5.74) is 0. The Kier molecular flexibility index (Phi) is 17.5. The molecule has 0 bridgehead atoms. The summed E-state index contributed by atoms with van der Waals surface area (Å²) in [4.78, 5) is 0. The van der Waals surface area contributed by atoms with Crippen LogP contribution in [0, 0.1) is 23.7 Å². The third-order valence-electron chi connectivity index (χ3n) is 7.93. The number of rotatable bonds is 2. The van der Waals surface area contributed by atoms with Crippen LogP contribution in [0.3, 0.4) is 0 Å². The zero-order valence-corrected chi connectivity index (χ0v) is 21.2. The van der Waals surface area contributed by atoms with Gasteiger partial charge >= 0.3 is 0 Å². The predicted molar refractivity (Wildman–Crippen MR) is 134 cm³/mol. The Morgan fingerprint density at radius 1 is 0.345 bits per heavy atom. The lowest BCUT2D eigenvalue weighted by atomic mass is 9.73. The molecule has 0 heteroatoms. The molecular weight excluding hydrogens is 348 g/mol. The molecule has 0 amide bonds. The molecule has 0 aliphatic heterocycles. The predicted octanol–water partition coefficient (Wildman–Crippen LogP) is 10.7. The summed E-state index contributed by atoms with van der Waals surface area (Å²) >= 11 is 0. The molecule has 4 saturated carbocycles. The highest BCUT2D eigenvalue weighted by atomic mass is 14.3. The molecular formula is C29H58. The average molecular weight is 407 g/mol. The second-order valence-electron chi connectivity index (χ2n) is 10.3. The maximum absolute atomic E-state index is 2.12. The molecule has 0 heterocycles. The fourth-order valence-electron chi connectivity index (χ4n) is 6.42. The molecule has 0 aromatic heterocycles. The Hall–Kier alpha value is 0. The van der Waals surface area contributed by atoms with E-state index < -0.39 is 0 Å². The van der Waals surface area contributed by atoms with Gasteiger partial charge in [-0.25, -0.2) is 0 Å². The van der Waals surface area contributed by atoms with E-state index in [1.807, 2.05) is 13.8 Å². The molecule has 29 heavy (non-hydrogen) atoms. The molecule has 0 unspecified atom stereocenters. The molecule has 4 aliphatic rings. The third kappa shape index (κ3) is 11.8. The molecule has 0 saturated heterocycles. The second kappa shape index (κ2) is 18.7. The minimum Gasteiger partial charge on any atom is -0.0683 e. The summed E-state index contributed by atoms with van der Waals surface area (Å²) < 4.78 is 0. The van der Waals surface area contributed by atoms with Gasteiger partial charge in [-0.1, -0.05) is 163 Å². The first kappa shape index (κ1) is 27.0. The van der Waals surface area contributed by atoms with Crippen LogP contribution in [0.2, 0.25) is 0 Å². The van der Waals surface area contributed by atoms with Crippen LogP contribution >= 0.6 is 0 Å². The minimum absolute atomic E-state index is 1.14. The second-order valence-corrected chi connectivity index (χ2v) is 10.3. The van der Waals surface area contributed by atoms with Crippen molar-refractivity contribution in [3.8, 4) is 0 Å². The summed E-state index contributed by atoms with van der Waals surface area (Å²) in [5.74, 6) is 4.55. The zero-order valence-electron chi connectivity index (χ0n) is 21.2. The Morgan fingerprint density at radius 2 is 0.483 bits per heavy atom. The van der Waals surface area contributed by atoms with Gasteiger partial charge < -0.3 is 0 Å². The summed E-state index contributed by atoms with van der Waals surface area (Å²) in [6, 6.07) is 0. The molecule has 0 aromatic rings. The molecule has 4 rings (SSSR count). The maximum Gasteiger partial charge on any atom is -0.0386 e. The van der Waals surface area contributed by atoms with E-state index in [-0.39, 0.29) is 0 Å². The van der Waals surface area contributed by atoms with Crippen molar-refractivity contribution < 1.29 is 0 Å². The van der Waals surface area contributed by atoms with E-state index >= 15 is 0 Å². The van der Waals surface area contributed by atoms with Crippen LogP contribution in [-0.4, -0.2) is 0 Å². The standard InChI is InChI=1S/2C12H22.C3H8.C2H6/c2*1-3-7-11(8-4-1)12-9-5-2-6-10-12;1-3-2;1-2/h2*11-12H,1-10H2;3H2,1-2H3;1-2H3. The minimum atomic E-state index is 1.14. The highest BCUT2D eigenvalue weighted by Gasteiger charge is 2.25. The zero-order chi connectivity index (χ0) is 21.2. The van der Waals surface area contributed by atoms with Crippen molar-refractivity contribution in [2.45, 2.75) is 163 Å². The van der Waals surface area contributed by atoms with E-state index in [0.717, 1.165) is 23.7 Å². The van der Waals surface area contributed by atoms with Crippen LogP contribution in [0.1, 0.15) is 163 Å². The SMILES string of the molecule is C1CCC(C2CCCCC2)CC1.C1CCC(C2CCCCC2)CC1.CC.CCC. The van der Waals surface area contributed by atoms with E-state index in [1.54, 1.807) is 51.4 Å². The number of hydrogen-bond donors (Lipinski definition) is 0. The normalized spacial score (nSPS) is 24.8. The molecule has 0 radical (unpaired) electrons. The lowest BCUT2D eigenvalue weighted by molar-refractivity contribution is 0.196. The smallest absolute Gasteiger partial charge is 0.0386 e. The molecule has 0 atom stereocenters. The monoisotopic (exact) mass is 406 g/mol. The third-order valence-corrected chi connectivity index (χ3v) is 7.93. The Bertz CT molecular complexity index is 245. The van der Waals surface area contributed by atoms with E-state index in [2.05, 4.69) is 13.8 Å². The lowest BCUT2D eigenvalue weighted by Crippen LogP contribution is -2.20. The van der Waals surface area contributed by atoms with Crippen molar-refractivity contribution in [2.75, 3.05) is 0 Å². The lowest BCUT2D eigenvalue weighted by Gasteiger charge is -2.32. The molecule has 0 aromatic carbocycles. The van der Waals surface area contributed by atoms with E-state index in [4.69, 9.17) is 0 Å². The van der Waals surface area contributed by atoms with Crippen LogP contribution in [0.25, 0.3) is 0 Å².